The van der Waals surface area contributed by atoms with Crippen LogP contribution in [-0.4, -0.2) is 33.3 Å². The Morgan fingerprint density at radius 1 is 1.14 bits per heavy atom. The Labute approximate surface area is 173 Å². The third-order valence-corrected chi connectivity index (χ3v) is 5.50. The highest BCUT2D eigenvalue weighted by Crippen LogP contribution is 2.28. The van der Waals surface area contributed by atoms with Crippen molar-refractivity contribution in [1.29, 1.82) is 0 Å². The lowest BCUT2D eigenvalue weighted by molar-refractivity contribution is -0.138. The van der Waals surface area contributed by atoms with E-state index in [1.54, 1.807) is 48.9 Å². The van der Waals surface area contributed by atoms with E-state index in [0.717, 1.165) is 16.5 Å². The molecule has 3 aromatic rings. The summed E-state index contributed by atoms with van der Waals surface area (Å²) in [5.41, 5.74) is 3.63. The molecule has 0 saturated carbocycles. The normalized spacial score (nSPS) is 13.3. The van der Waals surface area contributed by atoms with Gasteiger partial charge < -0.3 is 20.1 Å². The summed E-state index contributed by atoms with van der Waals surface area (Å²) in [7, 11) is 1.79. The number of carbonyl (C=O) groups is 2. The van der Waals surface area contributed by atoms with Crippen molar-refractivity contribution in [3.63, 3.8) is 0 Å². The van der Waals surface area contributed by atoms with Crippen LogP contribution in [0.25, 0.3) is 10.9 Å². The zero-order chi connectivity index (χ0) is 21.3. The highest BCUT2D eigenvalue weighted by atomic mass is 35.5. The van der Waals surface area contributed by atoms with Gasteiger partial charge in [0.05, 0.1) is 29.1 Å². The molecule has 1 heterocycles. The number of amides is 1. The van der Waals surface area contributed by atoms with E-state index in [0.29, 0.717) is 21.8 Å². The van der Waals surface area contributed by atoms with E-state index < -0.39 is 17.9 Å². The molecule has 29 heavy (non-hydrogen) atoms. The molecule has 0 saturated heterocycles. The van der Waals surface area contributed by atoms with E-state index >= 15 is 0 Å². The van der Waals surface area contributed by atoms with Crippen molar-refractivity contribution < 1.29 is 19.8 Å². The second-order valence-electron chi connectivity index (χ2n) is 7.20. The number of aromatic nitrogens is 1. The summed E-state index contributed by atoms with van der Waals surface area (Å²) in [5, 5.41) is 23.1. The summed E-state index contributed by atoms with van der Waals surface area (Å²) in [6, 6.07) is 11.8. The first-order valence-electron chi connectivity index (χ1n) is 9.23. The molecule has 1 aromatic heterocycles. The topological polar surface area (TPSA) is 91.6 Å². The van der Waals surface area contributed by atoms with E-state index in [2.05, 4.69) is 5.32 Å². The maximum absolute atomic E-state index is 12.9. The number of aliphatic carboxylic acids is 1. The molecule has 0 radical (unpaired) electrons. The van der Waals surface area contributed by atoms with Crippen LogP contribution >= 0.6 is 11.6 Å². The van der Waals surface area contributed by atoms with Crippen LogP contribution in [-0.2, 0) is 11.8 Å². The number of nitrogens with one attached hydrogen (secondary N) is 1. The fourth-order valence-corrected chi connectivity index (χ4v) is 3.69. The van der Waals surface area contributed by atoms with Crippen LogP contribution in [0.5, 0.6) is 0 Å². The number of carboxylic acid groups (broad SMARTS) is 1. The third-order valence-electron chi connectivity index (χ3n) is 5.19. The van der Waals surface area contributed by atoms with Gasteiger partial charge in [-0.15, -0.1) is 0 Å². The number of carbonyl (C=O) groups excluding carboxylic acids is 1. The van der Waals surface area contributed by atoms with Gasteiger partial charge in [-0.2, -0.15) is 0 Å². The van der Waals surface area contributed by atoms with Crippen molar-refractivity contribution in [2.75, 3.05) is 6.61 Å². The zero-order valence-corrected chi connectivity index (χ0v) is 17.2. The quantitative estimate of drug-likeness (QED) is 0.572. The molecular formula is C22H23ClN2O4. The van der Waals surface area contributed by atoms with Gasteiger partial charge >= 0.3 is 5.97 Å². The molecule has 0 fully saturated rings. The molecule has 0 unspecified atom stereocenters. The minimum absolute atomic E-state index is 0.288. The van der Waals surface area contributed by atoms with Crippen molar-refractivity contribution in [3.8, 4) is 0 Å². The number of benzene rings is 2. The molecule has 0 bridgehead atoms. The van der Waals surface area contributed by atoms with Gasteiger partial charge in [0.1, 0.15) is 5.69 Å². The highest BCUT2D eigenvalue weighted by Gasteiger charge is 2.20. The number of hydrogen-bond donors (Lipinski definition) is 3. The Kier molecular flexibility index (Phi) is 5.96. The molecule has 1 amide bonds. The van der Waals surface area contributed by atoms with Crippen LogP contribution in [0.15, 0.2) is 42.5 Å². The lowest BCUT2D eigenvalue weighted by Crippen LogP contribution is -2.32. The summed E-state index contributed by atoms with van der Waals surface area (Å²) in [4.78, 5) is 24.0. The molecule has 0 aliphatic carbocycles. The summed E-state index contributed by atoms with van der Waals surface area (Å²) >= 11 is 6.32. The number of fused-ring (bicyclic) bond motifs is 1. The number of aryl methyl sites for hydroxylation is 2. The predicted molar refractivity (Wildman–Crippen MR) is 112 cm³/mol. The predicted octanol–water partition coefficient (Wildman–Crippen LogP) is 3.79. The van der Waals surface area contributed by atoms with Crippen molar-refractivity contribution in [3.05, 3.63) is 69.9 Å². The van der Waals surface area contributed by atoms with Gasteiger partial charge in [0.2, 0.25) is 0 Å². The van der Waals surface area contributed by atoms with Crippen molar-refractivity contribution in [1.82, 2.24) is 9.88 Å². The minimum atomic E-state index is -0.908. The number of aliphatic hydroxyl groups is 1. The van der Waals surface area contributed by atoms with Crippen molar-refractivity contribution >= 4 is 34.4 Å². The second-order valence-corrected chi connectivity index (χ2v) is 7.61. The molecule has 3 N–H and O–H groups in total. The number of carboxylic acids is 1. The maximum atomic E-state index is 12.9. The average molecular weight is 415 g/mol. The molecule has 152 valence electrons. The fraction of sp³-hybridized carbons (Fsp3) is 0.273. The molecular weight excluding hydrogens is 392 g/mol. The number of hydrogen-bond acceptors (Lipinski definition) is 3. The lowest BCUT2D eigenvalue weighted by Gasteiger charge is -2.18. The SMILES string of the molecule is Cc1cc(Cl)c2cc(C(=O)N[C@H](CO)c3ccc([C@H](C)C(=O)O)cc3)n(C)c2c1. The molecule has 0 aliphatic rings. The fourth-order valence-electron chi connectivity index (χ4n) is 3.36. The minimum Gasteiger partial charge on any atom is -0.481 e. The molecule has 0 aliphatic heterocycles. The molecule has 3 rings (SSSR count). The number of aliphatic hydroxyl groups excluding tert-OH is 1. The van der Waals surface area contributed by atoms with E-state index in [4.69, 9.17) is 16.7 Å². The van der Waals surface area contributed by atoms with E-state index in [-0.39, 0.29) is 12.5 Å². The third kappa shape index (κ3) is 4.13. The highest BCUT2D eigenvalue weighted by molar-refractivity contribution is 6.35. The average Bonchev–Trinajstić information content (AvgIpc) is 3.02. The van der Waals surface area contributed by atoms with Crippen molar-refractivity contribution in [2.24, 2.45) is 7.05 Å². The number of nitrogens with zero attached hydrogens (tertiary/aromatic N) is 1. The maximum Gasteiger partial charge on any atom is 0.310 e. The van der Waals surface area contributed by atoms with Gasteiger partial charge in [-0.3, -0.25) is 9.59 Å². The molecule has 6 nitrogen and oxygen atoms in total. The Balaban J connectivity index is 1.85. The number of halogens is 1. The van der Waals surface area contributed by atoms with Gasteiger partial charge in [-0.25, -0.2) is 0 Å². The van der Waals surface area contributed by atoms with Crippen LogP contribution < -0.4 is 5.32 Å². The first-order chi connectivity index (χ1) is 13.7. The van der Waals surface area contributed by atoms with Gasteiger partial charge in [-0.1, -0.05) is 35.9 Å². The van der Waals surface area contributed by atoms with E-state index in [1.807, 2.05) is 19.1 Å². The largest absolute Gasteiger partial charge is 0.481 e. The van der Waals surface area contributed by atoms with Crippen LogP contribution in [0.1, 0.15) is 46.1 Å². The molecule has 2 atom stereocenters. The first-order valence-corrected chi connectivity index (χ1v) is 9.60. The zero-order valence-electron chi connectivity index (χ0n) is 16.4. The molecule has 2 aromatic carbocycles. The monoisotopic (exact) mass is 414 g/mol. The van der Waals surface area contributed by atoms with Crippen LogP contribution in [0, 0.1) is 6.92 Å². The Morgan fingerprint density at radius 2 is 1.76 bits per heavy atom. The van der Waals surface area contributed by atoms with Gasteiger partial charge in [-0.05, 0) is 48.7 Å². The van der Waals surface area contributed by atoms with Gasteiger partial charge in [0.25, 0.3) is 5.91 Å². The molecule has 0 spiro atoms. The van der Waals surface area contributed by atoms with E-state index in [1.165, 1.54) is 0 Å². The van der Waals surface area contributed by atoms with Crippen molar-refractivity contribution in [2.45, 2.75) is 25.8 Å². The summed E-state index contributed by atoms with van der Waals surface area (Å²) in [6.07, 6.45) is 0. The van der Waals surface area contributed by atoms with Crippen LogP contribution in [0.4, 0.5) is 0 Å². The standard InChI is InChI=1S/C22H23ClN2O4/c1-12-8-17(23)16-10-20(25(3)19(16)9-12)21(27)24-18(11-26)15-6-4-14(5-7-15)13(2)22(28)29/h4-10,13,18,26H,11H2,1-3H3,(H,24,27)(H,28,29)/t13-,18+/m0/s1. The molecule has 7 heteroatoms. The van der Waals surface area contributed by atoms with E-state index in [9.17, 15) is 14.7 Å². The van der Waals surface area contributed by atoms with Gasteiger partial charge in [0.15, 0.2) is 0 Å². The Hall–Kier alpha value is -2.83. The second kappa shape index (κ2) is 8.27. The smallest absolute Gasteiger partial charge is 0.310 e. The summed E-state index contributed by atoms with van der Waals surface area (Å²) in [5.74, 6) is -1.87. The summed E-state index contributed by atoms with van der Waals surface area (Å²) in [6.45, 7) is 3.26. The Morgan fingerprint density at radius 3 is 2.34 bits per heavy atom. The number of rotatable bonds is 6. The lowest BCUT2D eigenvalue weighted by atomic mass is 9.98. The first kappa shape index (κ1) is 20.9. The summed E-state index contributed by atoms with van der Waals surface area (Å²) < 4.78 is 1.77. The van der Waals surface area contributed by atoms with Crippen LogP contribution in [0.3, 0.4) is 0 Å². The Bertz CT molecular complexity index is 1070. The van der Waals surface area contributed by atoms with Crippen LogP contribution in [0.2, 0.25) is 5.02 Å². The van der Waals surface area contributed by atoms with Gasteiger partial charge in [0, 0.05) is 12.4 Å².